The van der Waals surface area contributed by atoms with Gasteiger partial charge in [-0.3, -0.25) is 4.79 Å². The molecule has 0 N–H and O–H groups in total. The van der Waals surface area contributed by atoms with Gasteiger partial charge in [0.1, 0.15) is 0 Å². The minimum atomic E-state index is -0.0714. The molecule has 1 saturated carbocycles. The van der Waals surface area contributed by atoms with Gasteiger partial charge < -0.3 is 4.90 Å². The summed E-state index contributed by atoms with van der Waals surface area (Å²) in [5.74, 6) is 0.478. The average molecular weight is 268 g/mol. The Hall–Kier alpha value is -1.16. The summed E-state index contributed by atoms with van der Waals surface area (Å²) in [4.78, 5) is 14.1. The molecule has 1 heterocycles. The molecule has 2 rings (SSSR count). The van der Waals surface area contributed by atoms with Crippen molar-refractivity contribution < 1.29 is 4.79 Å². The fourth-order valence-corrected chi connectivity index (χ4v) is 2.73. The predicted octanol–water partition coefficient (Wildman–Crippen LogP) is 2.78. The maximum absolute atomic E-state index is 12.3. The minimum Gasteiger partial charge on any atom is -0.337 e. The fourth-order valence-electron chi connectivity index (χ4n) is 2.63. The van der Waals surface area contributed by atoms with Gasteiger partial charge in [-0.25, -0.2) is 0 Å². The molecule has 0 saturated heterocycles. The number of carbonyl (C=O) groups excluding carboxylic acids is 1. The van der Waals surface area contributed by atoms with Crippen LogP contribution in [0.25, 0.3) is 0 Å². The van der Waals surface area contributed by atoms with Crippen molar-refractivity contribution in [2.45, 2.75) is 38.6 Å². The molecule has 1 aliphatic rings. The number of amides is 1. The quantitative estimate of drug-likeness (QED) is 0.828. The molecule has 0 aromatic carbocycles. The monoisotopic (exact) mass is 267 g/mol. The van der Waals surface area contributed by atoms with Gasteiger partial charge in [0, 0.05) is 13.1 Å². The third-order valence-electron chi connectivity index (χ3n) is 3.74. The second kappa shape index (κ2) is 5.65. The molecule has 4 nitrogen and oxygen atoms in total. The smallest absolute Gasteiger partial charge is 0.274 e. The van der Waals surface area contributed by atoms with E-state index in [1.54, 1.807) is 12.1 Å². The van der Waals surface area contributed by atoms with Crippen LogP contribution < -0.4 is 0 Å². The van der Waals surface area contributed by atoms with Crippen LogP contribution in [0.1, 0.15) is 43.1 Å². The maximum atomic E-state index is 12.3. The Morgan fingerprint density at radius 1 is 1.33 bits per heavy atom. The second-order valence-electron chi connectivity index (χ2n) is 4.99. The Balaban J connectivity index is 2.10. The van der Waals surface area contributed by atoms with Crippen molar-refractivity contribution in [2.75, 3.05) is 7.05 Å². The molecule has 0 bridgehead atoms. The molecule has 0 radical (unpaired) electrons. The van der Waals surface area contributed by atoms with Crippen molar-refractivity contribution in [3.63, 3.8) is 0 Å². The SMILES string of the molecule is CC1CCCCC1N(C)C(=O)c1ccc(Cl)nn1. The van der Waals surface area contributed by atoms with Crippen LogP contribution >= 0.6 is 11.6 Å². The van der Waals surface area contributed by atoms with Gasteiger partial charge in [-0.15, -0.1) is 10.2 Å². The molecule has 1 aliphatic carbocycles. The molecule has 1 aromatic heterocycles. The zero-order valence-electron chi connectivity index (χ0n) is 10.8. The van der Waals surface area contributed by atoms with Gasteiger partial charge in [-0.2, -0.15) is 0 Å². The third kappa shape index (κ3) is 2.80. The van der Waals surface area contributed by atoms with E-state index in [1.165, 1.54) is 19.3 Å². The molecule has 1 aromatic rings. The van der Waals surface area contributed by atoms with Crippen LogP contribution in [0, 0.1) is 5.92 Å². The van der Waals surface area contributed by atoms with Gasteiger partial charge in [0.2, 0.25) is 0 Å². The summed E-state index contributed by atoms with van der Waals surface area (Å²) in [7, 11) is 1.85. The summed E-state index contributed by atoms with van der Waals surface area (Å²) < 4.78 is 0. The molecular weight excluding hydrogens is 250 g/mol. The van der Waals surface area contributed by atoms with Crippen molar-refractivity contribution >= 4 is 17.5 Å². The highest BCUT2D eigenvalue weighted by molar-refractivity contribution is 6.29. The first-order chi connectivity index (χ1) is 8.59. The van der Waals surface area contributed by atoms with Crippen LogP contribution in [0.4, 0.5) is 0 Å². The first-order valence-electron chi connectivity index (χ1n) is 6.36. The van der Waals surface area contributed by atoms with Crippen molar-refractivity contribution in [3.8, 4) is 0 Å². The predicted molar refractivity (Wildman–Crippen MR) is 70.6 cm³/mol. The van der Waals surface area contributed by atoms with Gasteiger partial charge in [0.05, 0.1) is 0 Å². The lowest BCUT2D eigenvalue weighted by molar-refractivity contribution is 0.0622. The largest absolute Gasteiger partial charge is 0.337 e. The molecule has 0 aliphatic heterocycles. The van der Waals surface area contributed by atoms with Crippen LogP contribution in [-0.2, 0) is 0 Å². The summed E-state index contributed by atoms with van der Waals surface area (Å²) in [5.41, 5.74) is 0.361. The van der Waals surface area contributed by atoms with Crippen LogP contribution in [0.3, 0.4) is 0 Å². The summed E-state index contributed by atoms with van der Waals surface area (Å²) >= 11 is 5.67. The number of carbonyl (C=O) groups is 1. The van der Waals surface area contributed by atoms with E-state index in [0.29, 0.717) is 22.8 Å². The van der Waals surface area contributed by atoms with Crippen LogP contribution in [0.2, 0.25) is 5.15 Å². The summed E-state index contributed by atoms with van der Waals surface area (Å²) in [5, 5.41) is 7.87. The van der Waals surface area contributed by atoms with Crippen LogP contribution in [-0.4, -0.2) is 34.1 Å². The highest BCUT2D eigenvalue weighted by Gasteiger charge is 2.28. The van der Waals surface area contributed by atoms with Gasteiger partial charge in [-0.05, 0) is 30.9 Å². The molecule has 5 heteroatoms. The van der Waals surface area contributed by atoms with E-state index in [4.69, 9.17) is 11.6 Å². The topological polar surface area (TPSA) is 46.1 Å². The second-order valence-corrected chi connectivity index (χ2v) is 5.37. The molecule has 98 valence electrons. The molecule has 2 unspecified atom stereocenters. The van der Waals surface area contributed by atoms with E-state index in [2.05, 4.69) is 17.1 Å². The Morgan fingerprint density at radius 3 is 2.67 bits per heavy atom. The highest BCUT2D eigenvalue weighted by Crippen LogP contribution is 2.27. The molecule has 0 spiro atoms. The van der Waals surface area contributed by atoms with Crippen LogP contribution in [0.15, 0.2) is 12.1 Å². The van der Waals surface area contributed by atoms with E-state index in [-0.39, 0.29) is 5.91 Å². The Kier molecular flexibility index (Phi) is 4.17. The van der Waals surface area contributed by atoms with E-state index in [0.717, 1.165) is 6.42 Å². The third-order valence-corrected chi connectivity index (χ3v) is 3.94. The maximum Gasteiger partial charge on any atom is 0.274 e. The zero-order chi connectivity index (χ0) is 13.1. The van der Waals surface area contributed by atoms with Crippen molar-refractivity contribution in [1.29, 1.82) is 0 Å². The Morgan fingerprint density at radius 2 is 2.06 bits per heavy atom. The number of aromatic nitrogens is 2. The first-order valence-corrected chi connectivity index (χ1v) is 6.74. The molecular formula is C13H18ClN3O. The van der Waals surface area contributed by atoms with Crippen molar-refractivity contribution in [1.82, 2.24) is 15.1 Å². The average Bonchev–Trinajstić information content (AvgIpc) is 2.38. The Labute approximate surface area is 112 Å². The summed E-state index contributed by atoms with van der Waals surface area (Å²) in [6.07, 6.45) is 4.72. The number of halogens is 1. The number of hydrogen-bond donors (Lipinski definition) is 0. The molecule has 2 atom stereocenters. The van der Waals surface area contributed by atoms with E-state index in [1.807, 2.05) is 11.9 Å². The molecule has 1 amide bonds. The fraction of sp³-hybridized carbons (Fsp3) is 0.615. The number of nitrogens with zero attached hydrogens (tertiary/aromatic N) is 3. The standard InChI is InChI=1S/C13H18ClN3O/c1-9-5-3-4-6-11(9)17(2)13(18)10-7-8-12(14)16-15-10/h7-9,11H,3-6H2,1-2H3. The van der Waals surface area contributed by atoms with Crippen molar-refractivity contribution in [3.05, 3.63) is 23.0 Å². The van der Waals surface area contributed by atoms with Gasteiger partial charge in [-0.1, -0.05) is 31.4 Å². The summed E-state index contributed by atoms with van der Waals surface area (Å²) in [6.45, 7) is 2.21. The van der Waals surface area contributed by atoms with E-state index < -0.39 is 0 Å². The summed E-state index contributed by atoms with van der Waals surface area (Å²) in [6, 6.07) is 3.53. The molecule has 18 heavy (non-hydrogen) atoms. The van der Waals surface area contributed by atoms with Crippen molar-refractivity contribution in [2.24, 2.45) is 5.92 Å². The van der Waals surface area contributed by atoms with Gasteiger partial charge >= 0.3 is 0 Å². The van der Waals surface area contributed by atoms with E-state index >= 15 is 0 Å². The molecule has 1 fully saturated rings. The number of rotatable bonds is 2. The van der Waals surface area contributed by atoms with Gasteiger partial charge in [0.15, 0.2) is 10.8 Å². The Bertz CT molecular complexity index is 421. The first kappa shape index (κ1) is 13.3. The van der Waals surface area contributed by atoms with E-state index in [9.17, 15) is 4.79 Å². The zero-order valence-corrected chi connectivity index (χ0v) is 11.5. The van der Waals surface area contributed by atoms with Gasteiger partial charge in [0.25, 0.3) is 5.91 Å². The minimum absolute atomic E-state index is 0.0714. The lowest BCUT2D eigenvalue weighted by Gasteiger charge is -2.36. The lowest BCUT2D eigenvalue weighted by Crippen LogP contribution is -2.42. The number of hydrogen-bond acceptors (Lipinski definition) is 3. The lowest BCUT2D eigenvalue weighted by atomic mass is 9.85. The normalized spacial score (nSPS) is 23.7. The highest BCUT2D eigenvalue weighted by atomic mass is 35.5. The van der Waals surface area contributed by atoms with Crippen LogP contribution in [0.5, 0.6) is 0 Å².